The molecule has 3 N–H and O–H groups in total. The quantitative estimate of drug-likeness (QED) is 0.636. The van der Waals surface area contributed by atoms with E-state index in [1.54, 1.807) is 36.5 Å². The van der Waals surface area contributed by atoms with Crippen LogP contribution in [0.5, 0.6) is 5.75 Å². The monoisotopic (exact) mass is 367 g/mol. The number of pyridine rings is 1. The highest BCUT2D eigenvalue weighted by Gasteiger charge is 2.12. The molecule has 0 radical (unpaired) electrons. The molecule has 0 bridgehead atoms. The molecular weight excluding hydrogens is 350 g/mol. The second-order valence-electron chi connectivity index (χ2n) is 5.39. The summed E-state index contributed by atoms with van der Waals surface area (Å²) in [5.74, 6) is 0.639. The average molecular weight is 367 g/mol. The zero-order valence-electron chi connectivity index (χ0n) is 14.6. The van der Waals surface area contributed by atoms with Crippen LogP contribution in [0, 0.1) is 0 Å². The van der Waals surface area contributed by atoms with Crippen molar-refractivity contribution in [3.63, 3.8) is 0 Å². The van der Waals surface area contributed by atoms with Gasteiger partial charge >= 0.3 is 6.03 Å². The van der Waals surface area contributed by atoms with Crippen LogP contribution >= 0.6 is 0 Å². The summed E-state index contributed by atoms with van der Waals surface area (Å²) in [7, 11) is 1.48. The van der Waals surface area contributed by atoms with Crippen molar-refractivity contribution >= 4 is 29.0 Å². The van der Waals surface area contributed by atoms with Crippen molar-refractivity contribution < 1.29 is 14.3 Å². The Hall–Kier alpha value is -3.95. The molecule has 10 heteroatoms. The van der Waals surface area contributed by atoms with E-state index in [1.807, 2.05) is 0 Å². The molecule has 0 aliphatic heterocycles. The molecule has 3 aromatic rings. The normalized spacial score (nSPS) is 10.1. The van der Waals surface area contributed by atoms with Crippen LogP contribution in [0.15, 0.2) is 49.2 Å². The fraction of sp³-hybridized carbons (Fsp3) is 0.118. The van der Waals surface area contributed by atoms with Gasteiger partial charge in [0.15, 0.2) is 5.82 Å². The second-order valence-corrected chi connectivity index (χ2v) is 5.39. The molecule has 0 saturated carbocycles. The third-order valence-electron chi connectivity index (χ3n) is 3.44. The lowest BCUT2D eigenvalue weighted by molar-refractivity contribution is -0.114. The summed E-state index contributed by atoms with van der Waals surface area (Å²) in [5.41, 5.74) is 1.46. The maximum atomic E-state index is 12.4. The summed E-state index contributed by atoms with van der Waals surface area (Å²) in [6.07, 6.45) is 4.45. The minimum Gasteiger partial charge on any atom is -0.494 e. The number of urea groups is 1. The molecule has 0 unspecified atom stereocenters. The SMILES string of the molecule is COc1cc(NC(=O)Nc2cccnc2-n2cncn2)ccc1NC(C)=O. The van der Waals surface area contributed by atoms with Gasteiger partial charge in [0.2, 0.25) is 5.91 Å². The van der Waals surface area contributed by atoms with Crippen LogP contribution in [0.3, 0.4) is 0 Å². The first-order valence-corrected chi connectivity index (χ1v) is 7.90. The summed E-state index contributed by atoms with van der Waals surface area (Å²) in [6.45, 7) is 1.40. The summed E-state index contributed by atoms with van der Waals surface area (Å²) in [6, 6.07) is 7.81. The molecule has 0 atom stereocenters. The van der Waals surface area contributed by atoms with E-state index in [2.05, 4.69) is 31.0 Å². The molecule has 3 rings (SSSR count). The Morgan fingerprint density at radius 1 is 1.11 bits per heavy atom. The van der Waals surface area contributed by atoms with Gasteiger partial charge in [0.05, 0.1) is 18.5 Å². The Bertz CT molecular complexity index is 957. The van der Waals surface area contributed by atoms with Gasteiger partial charge < -0.3 is 20.7 Å². The number of aromatic nitrogens is 4. The number of carbonyl (C=O) groups excluding carboxylic acids is 2. The van der Waals surface area contributed by atoms with Crippen LogP contribution in [-0.2, 0) is 4.79 Å². The van der Waals surface area contributed by atoms with Gasteiger partial charge in [0.1, 0.15) is 18.4 Å². The first kappa shape index (κ1) is 17.9. The smallest absolute Gasteiger partial charge is 0.323 e. The van der Waals surface area contributed by atoms with Crippen molar-refractivity contribution in [3.8, 4) is 11.6 Å². The van der Waals surface area contributed by atoms with Crippen molar-refractivity contribution in [2.24, 2.45) is 0 Å². The molecule has 10 nitrogen and oxygen atoms in total. The predicted octanol–water partition coefficient (Wildman–Crippen LogP) is 2.27. The molecule has 0 saturated heterocycles. The molecule has 1 aromatic carbocycles. The molecule has 138 valence electrons. The molecule has 2 heterocycles. The minimum absolute atomic E-state index is 0.219. The zero-order valence-corrected chi connectivity index (χ0v) is 14.6. The van der Waals surface area contributed by atoms with E-state index in [1.165, 1.54) is 31.4 Å². The maximum Gasteiger partial charge on any atom is 0.323 e. The molecule has 2 aromatic heterocycles. The Kier molecular flexibility index (Phi) is 5.26. The van der Waals surface area contributed by atoms with E-state index >= 15 is 0 Å². The fourth-order valence-electron chi connectivity index (χ4n) is 2.34. The number of nitrogens with one attached hydrogen (secondary N) is 3. The lowest BCUT2D eigenvalue weighted by Gasteiger charge is -2.13. The largest absolute Gasteiger partial charge is 0.494 e. The van der Waals surface area contributed by atoms with Crippen LogP contribution in [0.2, 0.25) is 0 Å². The van der Waals surface area contributed by atoms with Gasteiger partial charge in [-0.05, 0) is 24.3 Å². The highest BCUT2D eigenvalue weighted by atomic mass is 16.5. The lowest BCUT2D eigenvalue weighted by Crippen LogP contribution is -2.21. The van der Waals surface area contributed by atoms with E-state index in [4.69, 9.17) is 4.74 Å². The number of nitrogens with zero attached hydrogens (tertiary/aromatic N) is 4. The number of rotatable bonds is 5. The van der Waals surface area contributed by atoms with E-state index in [0.717, 1.165) is 0 Å². The van der Waals surface area contributed by atoms with Crippen LogP contribution in [0.25, 0.3) is 5.82 Å². The van der Waals surface area contributed by atoms with Crippen molar-refractivity contribution in [3.05, 3.63) is 49.2 Å². The number of methoxy groups -OCH3 is 1. The van der Waals surface area contributed by atoms with Crippen LogP contribution < -0.4 is 20.7 Å². The second kappa shape index (κ2) is 7.95. The first-order valence-electron chi connectivity index (χ1n) is 7.90. The van der Waals surface area contributed by atoms with Crippen molar-refractivity contribution in [1.82, 2.24) is 19.7 Å². The van der Waals surface area contributed by atoms with Crippen LogP contribution in [0.1, 0.15) is 6.92 Å². The highest BCUT2D eigenvalue weighted by molar-refractivity contribution is 6.01. The molecule has 0 aliphatic carbocycles. The standard InChI is InChI=1S/C17H17N7O3/c1-11(25)21-13-6-5-12(8-15(13)27-2)22-17(26)23-14-4-3-7-19-16(14)24-10-18-9-20-24/h3-10H,1-2H3,(H,21,25)(H2,22,23,26). The van der Waals surface area contributed by atoms with Crippen molar-refractivity contribution in [1.29, 1.82) is 0 Å². The Balaban J connectivity index is 1.74. The number of hydrogen-bond donors (Lipinski definition) is 3. The zero-order chi connectivity index (χ0) is 19.2. The number of carbonyl (C=O) groups is 2. The maximum absolute atomic E-state index is 12.4. The van der Waals surface area contributed by atoms with Gasteiger partial charge in [-0.15, -0.1) is 0 Å². The Morgan fingerprint density at radius 3 is 2.67 bits per heavy atom. The number of amides is 3. The van der Waals surface area contributed by atoms with Gasteiger partial charge in [-0.3, -0.25) is 4.79 Å². The molecule has 3 amide bonds. The first-order chi connectivity index (χ1) is 13.1. The van der Waals surface area contributed by atoms with Gasteiger partial charge in [0.25, 0.3) is 0 Å². The predicted molar refractivity (Wildman–Crippen MR) is 99.1 cm³/mol. The lowest BCUT2D eigenvalue weighted by atomic mass is 10.2. The number of ether oxygens (including phenoxy) is 1. The van der Waals surface area contributed by atoms with Gasteiger partial charge in [-0.25, -0.2) is 19.4 Å². The van der Waals surface area contributed by atoms with E-state index in [-0.39, 0.29) is 5.91 Å². The van der Waals surface area contributed by atoms with Crippen LogP contribution in [0.4, 0.5) is 21.9 Å². The van der Waals surface area contributed by atoms with Gasteiger partial charge in [0, 0.05) is 24.9 Å². The molecular formula is C17H17N7O3. The number of hydrogen-bond acceptors (Lipinski definition) is 6. The average Bonchev–Trinajstić information content (AvgIpc) is 3.17. The Labute approximate surface area is 154 Å². The summed E-state index contributed by atoms with van der Waals surface area (Å²) in [5, 5.41) is 12.1. The van der Waals surface area contributed by atoms with Gasteiger partial charge in [-0.2, -0.15) is 5.10 Å². The van der Waals surface area contributed by atoms with E-state index < -0.39 is 6.03 Å². The Morgan fingerprint density at radius 2 is 1.96 bits per heavy atom. The highest BCUT2D eigenvalue weighted by Crippen LogP contribution is 2.28. The molecule has 0 spiro atoms. The topological polar surface area (TPSA) is 123 Å². The molecule has 0 fully saturated rings. The molecule has 0 aliphatic rings. The van der Waals surface area contributed by atoms with Crippen LogP contribution in [-0.4, -0.2) is 38.8 Å². The number of benzene rings is 1. The molecule has 27 heavy (non-hydrogen) atoms. The fourth-order valence-corrected chi connectivity index (χ4v) is 2.34. The summed E-state index contributed by atoms with van der Waals surface area (Å²) in [4.78, 5) is 31.7. The van der Waals surface area contributed by atoms with E-state index in [0.29, 0.717) is 28.6 Å². The third kappa shape index (κ3) is 4.37. The summed E-state index contributed by atoms with van der Waals surface area (Å²) < 4.78 is 6.69. The van der Waals surface area contributed by atoms with Crippen molar-refractivity contribution in [2.45, 2.75) is 6.92 Å². The third-order valence-corrected chi connectivity index (χ3v) is 3.44. The minimum atomic E-state index is -0.473. The van der Waals surface area contributed by atoms with E-state index in [9.17, 15) is 9.59 Å². The van der Waals surface area contributed by atoms with Crippen molar-refractivity contribution in [2.75, 3.05) is 23.1 Å². The number of anilines is 3. The summed E-state index contributed by atoms with van der Waals surface area (Å²) >= 11 is 0. The van der Waals surface area contributed by atoms with Gasteiger partial charge in [-0.1, -0.05) is 0 Å².